The van der Waals surface area contributed by atoms with Crippen molar-refractivity contribution >= 4 is 11.6 Å². The molecule has 0 saturated heterocycles. The Morgan fingerprint density at radius 3 is 2.33 bits per heavy atom. The van der Waals surface area contributed by atoms with E-state index in [4.69, 9.17) is 16.3 Å². The van der Waals surface area contributed by atoms with Crippen LogP contribution in [0.5, 0.6) is 11.5 Å². The Morgan fingerprint density at radius 1 is 1.00 bits per heavy atom. The van der Waals surface area contributed by atoms with Crippen LogP contribution in [0.3, 0.4) is 0 Å². The number of ether oxygens (including phenoxy) is 2. The molecule has 7 heteroatoms. The van der Waals surface area contributed by atoms with E-state index in [-0.39, 0.29) is 16.1 Å². The lowest BCUT2D eigenvalue weighted by Crippen LogP contribution is -2.17. The number of alkyl halides is 3. The first kappa shape index (κ1) is 15.4. The first-order valence-corrected chi connectivity index (χ1v) is 6.06. The third-order valence-corrected chi connectivity index (χ3v) is 2.81. The summed E-state index contributed by atoms with van der Waals surface area (Å²) in [6.07, 6.45) is -4.85. The van der Waals surface area contributed by atoms with Gasteiger partial charge in [0.2, 0.25) is 0 Å². The monoisotopic (exact) mass is 320 g/mol. The zero-order valence-corrected chi connectivity index (χ0v) is 11.4. The quantitative estimate of drug-likeness (QED) is 0.736. The second-order valence-corrected chi connectivity index (χ2v) is 4.51. The number of rotatable bonds is 3. The molecular formula is C14H9ClF4O2. The molecule has 0 aliphatic heterocycles. The van der Waals surface area contributed by atoms with Gasteiger partial charge in [-0.3, -0.25) is 0 Å². The van der Waals surface area contributed by atoms with Crippen molar-refractivity contribution in [2.24, 2.45) is 0 Å². The Kier molecular flexibility index (Phi) is 4.27. The summed E-state index contributed by atoms with van der Waals surface area (Å²) in [5.74, 6) is -0.770. The van der Waals surface area contributed by atoms with E-state index in [9.17, 15) is 17.6 Å². The van der Waals surface area contributed by atoms with Gasteiger partial charge in [-0.2, -0.15) is 0 Å². The van der Waals surface area contributed by atoms with E-state index < -0.39 is 17.9 Å². The Hall–Kier alpha value is -1.95. The van der Waals surface area contributed by atoms with Gasteiger partial charge in [-0.05, 0) is 42.0 Å². The van der Waals surface area contributed by atoms with Crippen LogP contribution in [0.4, 0.5) is 17.6 Å². The van der Waals surface area contributed by atoms with Crippen molar-refractivity contribution in [3.63, 3.8) is 0 Å². The van der Waals surface area contributed by atoms with Crippen molar-refractivity contribution in [1.82, 2.24) is 0 Å². The maximum atomic E-state index is 13.8. The average molecular weight is 321 g/mol. The molecule has 0 amide bonds. The highest BCUT2D eigenvalue weighted by Gasteiger charge is 2.31. The molecule has 21 heavy (non-hydrogen) atoms. The topological polar surface area (TPSA) is 18.5 Å². The van der Waals surface area contributed by atoms with Crippen molar-refractivity contribution in [2.45, 2.75) is 6.36 Å². The van der Waals surface area contributed by atoms with E-state index in [1.54, 1.807) is 0 Å². The molecule has 2 rings (SSSR count). The summed E-state index contributed by atoms with van der Waals surface area (Å²) in [7, 11) is 1.40. The second kappa shape index (κ2) is 5.81. The first-order chi connectivity index (χ1) is 9.78. The van der Waals surface area contributed by atoms with Gasteiger partial charge in [0.1, 0.15) is 17.3 Å². The van der Waals surface area contributed by atoms with E-state index in [1.165, 1.54) is 25.3 Å². The molecular weight excluding hydrogens is 312 g/mol. The molecule has 0 bridgehead atoms. The average Bonchev–Trinajstić information content (AvgIpc) is 2.36. The fourth-order valence-electron chi connectivity index (χ4n) is 1.76. The molecule has 112 valence electrons. The number of hydrogen-bond donors (Lipinski definition) is 0. The minimum atomic E-state index is -4.85. The Bertz CT molecular complexity index is 656. The molecule has 2 aromatic carbocycles. The predicted molar refractivity (Wildman–Crippen MR) is 70.1 cm³/mol. The van der Waals surface area contributed by atoms with E-state index in [0.29, 0.717) is 5.75 Å². The molecule has 0 radical (unpaired) electrons. The lowest BCUT2D eigenvalue weighted by atomic mass is 10.0. The standard InChI is InChI=1S/C14H9ClF4O2/c1-20-10-2-3-13(16)12(7-10)8-4-9(15)6-11(5-8)21-14(17,18)19/h2-7H,1H3. The largest absolute Gasteiger partial charge is 0.573 e. The second-order valence-electron chi connectivity index (χ2n) is 4.07. The molecule has 2 aromatic rings. The van der Waals surface area contributed by atoms with Crippen LogP contribution in [0.2, 0.25) is 5.02 Å². The molecule has 0 aliphatic carbocycles. The van der Waals surface area contributed by atoms with E-state index in [2.05, 4.69) is 4.74 Å². The van der Waals surface area contributed by atoms with Crippen molar-refractivity contribution in [1.29, 1.82) is 0 Å². The lowest BCUT2D eigenvalue weighted by molar-refractivity contribution is -0.274. The van der Waals surface area contributed by atoms with Crippen LogP contribution in [-0.2, 0) is 0 Å². The normalized spacial score (nSPS) is 11.3. The Morgan fingerprint density at radius 2 is 1.71 bits per heavy atom. The summed E-state index contributed by atoms with van der Waals surface area (Å²) >= 11 is 5.75. The first-order valence-electron chi connectivity index (χ1n) is 5.69. The summed E-state index contributed by atoms with van der Waals surface area (Å²) < 4.78 is 59.3. The SMILES string of the molecule is COc1ccc(F)c(-c2cc(Cl)cc(OC(F)(F)F)c2)c1. The maximum absolute atomic E-state index is 13.8. The number of halogens is 5. The minimum Gasteiger partial charge on any atom is -0.497 e. The van der Waals surface area contributed by atoms with Gasteiger partial charge in [-0.1, -0.05) is 11.6 Å². The van der Waals surface area contributed by atoms with Crippen LogP contribution in [0.1, 0.15) is 0 Å². The van der Waals surface area contributed by atoms with Crippen LogP contribution in [-0.4, -0.2) is 13.5 Å². The minimum absolute atomic E-state index is 0.00558. The van der Waals surface area contributed by atoms with Gasteiger partial charge in [-0.25, -0.2) is 4.39 Å². The summed E-state index contributed by atoms with van der Waals surface area (Å²) in [5.41, 5.74) is 0.210. The fraction of sp³-hybridized carbons (Fsp3) is 0.143. The van der Waals surface area contributed by atoms with Gasteiger partial charge < -0.3 is 9.47 Å². The van der Waals surface area contributed by atoms with Gasteiger partial charge in [0.25, 0.3) is 0 Å². The Balaban J connectivity index is 2.49. The third-order valence-electron chi connectivity index (χ3n) is 2.59. The number of benzene rings is 2. The van der Waals surface area contributed by atoms with Crippen LogP contribution in [0.25, 0.3) is 11.1 Å². The zero-order chi connectivity index (χ0) is 15.6. The molecule has 0 heterocycles. The zero-order valence-electron chi connectivity index (χ0n) is 10.7. The van der Waals surface area contributed by atoms with E-state index >= 15 is 0 Å². The summed E-state index contributed by atoms with van der Waals surface area (Å²) in [6, 6.07) is 7.30. The van der Waals surface area contributed by atoms with Crippen LogP contribution >= 0.6 is 11.6 Å². The van der Waals surface area contributed by atoms with Crippen LogP contribution in [0, 0.1) is 5.82 Å². The van der Waals surface area contributed by atoms with Crippen molar-refractivity contribution in [2.75, 3.05) is 7.11 Å². The molecule has 0 unspecified atom stereocenters. The van der Waals surface area contributed by atoms with Gasteiger partial charge in [-0.15, -0.1) is 13.2 Å². The lowest BCUT2D eigenvalue weighted by Gasteiger charge is -2.12. The highest BCUT2D eigenvalue weighted by Crippen LogP contribution is 2.34. The predicted octanol–water partition coefficient (Wildman–Crippen LogP) is 5.05. The molecule has 0 fully saturated rings. The van der Waals surface area contributed by atoms with Crippen LogP contribution in [0.15, 0.2) is 36.4 Å². The van der Waals surface area contributed by atoms with E-state index in [1.807, 2.05) is 0 Å². The molecule has 0 aromatic heterocycles. The molecule has 0 saturated carbocycles. The molecule has 0 N–H and O–H groups in total. The van der Waals surface area contributed by atoms with E-state index in [0.717, 1.165) is 18.2 Å². The number of methoxy groups -OCH3 is 1. The smallest absolute Gasteiger partial charge is 0.497 e. The Labute approximate surface area is 122 Å². The van der Waals surface area contributed by atoms with Gasteiger partial charge in [0.05, 0.1) is 7.11 Å². The van der Waals surface area contributed by atoms with Gasteiger partial charge in [0.15, 0.2) is 0 Å². The summed E-state index contributed by atoms with van der Waals surface area (Å²) in [5, 5.41) is -0.00558. The maximum Gasteiger partial charge on any atom is 0.573 e. The van der Waals surface area contributed by atoms with Gasteiger partial charge >= 0.3 is 6.36 Å². The van der Waals surface area contributed by atoms with Crippen molar-refractivity contribution in [3.8, 4) is 22.6 Å². The summed E-state index contributed by atoms with van der Waals surface area (Å²) in [6.45, 7) is 0. The fourth-order valence-corrected chi connectivity index (χ4v) is 1.99. The van der Waals surface area contributed by atoms with Crippen LogP contribution < -0.4 is 9.47 Å². The van der Waals surface area contributed by atoms with Crippen molar-refractivity contribution < 1.29 is 27.0 Å². The summed E-state index contributed by atoms with van der Waals surface area (Å²) in [4.78, 5) is 0. The molecule has 0 atom stereocenters. The molecule has 2 nitrogen and oxygen atoms in total. The number of hydrogen-bond acceptors (Lipinski definition) is 2. The molecule has 0 aliphatic rings. The third kappa shape index (κ3) is 4.01. The molecule has 0 spiro atoms. The highest BCUT2D eigenvalue weighted by atomic mass is 35.5. The highest BCUT2D eigenvalue weighted by molar-refractivity contribution is 6.31. The van der Waals surface area contributed by atoms with Gasteiger partial charge in [0, 0.05) is 10.6 Å². The van der Waals surface area contributed by atoms with Crippen molar-refractivity contribution in [3.05, 3.63) is 47.2 Å².